The first-order valence-corrected chi connectivity index (χ1v) is 8.06. The molecule has 0 amide bonds. The van der Waals surface area contributed by atoms with Crippen LogP contribution in [-0.4, -0.2) is 24.0 Å². The topological polar surface area (TPSA) is 3.24 Å². The van der Waals surface area contributed by atoms with E-state index < -0.39 is 0 Å². The van der Waals surface area contributed by atoms with Crippen molar-refractivity contribution in [2.75, 3.05) is 13.1 Å². The molecule has 1 nitrogen and oxygen atoms in total. The molecule has 0 heterocycles. The second kappa shape index (κ2) is 9.07. The highest BCUT2D eigenvalue weighted by atomic mass is 15.1. The van der Waals surface area contributed by atoms with Gasteiger partial charge in [0.25, 0.3) is 0 Å². The van der Waals surface area contributed by atoms with Crippen LogP contribution in [0.1, 0.15) is 31.2 Å². The molecule has 0 radical (unpaired) electrons. The number of nitrogens with zero attached hydrogens (tertiary/aromatic N) is 1. The maximum atomic E-state index is 3.88. The average molecular weight is 291 g/mol. The zero-order chi connectivity index (χ0) is 15.6. The lowest BCUT2D eigenvalue weighted by Crippen LogP contribution is -2.36. The molecule has 0 saturated carbocycles. The zero-order valence-electron chi connectivity index (χ0n) is 13.3. The number of allylic oxidation sites excluding steroid dienone is 1. The van der Waals surface area contributed by atoms with Gasteiger partial charge in [-0.2, -0.15) is 0 Å². The molecule has 1 atom stereocenters. The Morgan fingerprint density at radius 1 is 1.09 bits per heavy atom. The van der Waals surface area contributed by atoms with Crippen LogP contribution in [0, 0.1) is 11.8 Å². The number of hydrogen-bond donors (Lipinski definition) is 0. The summed E-state index contributed by atoms with van der Waals surface area (Å²) >= 11 is 0. The first-order valence-electron chi connectivity index (χ1n) is 8.06. The first-order chi connectivity index (χ1) is 10.8. The van der Waals surface area contributed by atoms with Gasteiger partial charge in [0, 0.05) is 18.7 Å². The van der Waals surface area contributed by atoms with Crippen LogP contribution < -0.4 is 0 Å². The molecule has 1 aromatic rings. The Balaban J connectivity index is 2.27. The van der Waals surface area contributed by atoms with Crippen LogP contribution in [0.2, 0.25) is 0 Å². The summed E-state index contributed by atoms with van der Waals surface area (Å²) < 4.78 is 0. The second-order valence-electron chi connectivity index (χ2n) is 5.59. The van der Waals surface area contributed by atoms with Gasteiger partial charge in [-0.1, -0.05) is 48.3 Å². The molecule has 1 aliphatic carbocycles. The van der Waals surface area contributed by atoms with E-state index in [1.165, 1.54) is 24.8 Å². The highest BCUT2D eigenvalue weighted by Gasteiger charge is 2.20. The van der Waals surface area contributed by atoms with Gasteiger partial charge in [0.1, 0.15) is 0 Å². The molecule has 0 saturated heterocycles. The van der Waals surface area contributed by atoms with Crippen LogP contribution in [0.15, 0.2) is 67.3 Å². The first kappa shape index (κ1) is 16.3. The fourth-order valence-electron chi connectivity index (χ4n) is 2.82. The molecule has 1 aliphatic rings. The molecule has 0 bridgehead atoms. The second-order valence-corrected chi connectivity index (χ2v) is 5.59. The molecule has 114 valence electrons. The van der Waals surface area contributed by atoms with Crippen LogP contribution in [0.5, 0.6) is 0 Å². The van der Waals surface area contributed by atoms with Crippen LogP contribution in [0.3, 0.4) is 0 Å². The molecule has 22 heavy (non-hydrogen) atoms. The molecule has 2 rings (SSSR count). The molecule has 0 aromatic heterocycles. The van der Waals surface area contributed by atoms with Crippen molar-refractivity contribution >= 4 is 0 Å². The third-order valence-electron chi connectivity index (χ3n) is 3.90. The standard InChI is InChI=1S/C21H25N/c1-3-17-22(18-4-2)21(20-13-9-6-10-14-20)16-15-19-11-7-5-8-12-19/h3-5,7-8,11-13,21H,1-2,6,9-10,14,17-18H2/t21-/m0/s1. The van der Waals surface area contributed by atoms with Crippen LogP contribution in [0.4, 0.5) is 0 Å². The average Bonchev–Trinajstić information content (AvgIpc) is 2.57. The Morgan fingerprint density at radius 3 is 2.41 bits per heavy atom. The lowest BCUT2D eigenvalue weighted by atomic mass is 9.93. The summed E-state index contributed by atoms with van der Waals surface area (Å²) in [6, 6.07) is 10.4. The predicted molar refractivity (Wildman–Crippen MR) is 95.6 cm³/mol. The largest absolute Gasteiger partial charge is 0.279 e. The smallest absolute Gasteiger partial charge is 0.0939 e. The Bertz CT molecular complexity index is 561. The fraction of sp³-hybridized carbons (Fsp3) is 0.333. The highest BCUT2D eigenvalue weighted by Crippen LogP contribution is 2.23. The molecule has 0 N–H and O–H groups in total. The number of benzene rings is 1. The quantitative estimate of drug-likeness (QED) is 0.548. The van der Waals surface area contributed by atoms with E-state index in [0.29, 0.717) is 0 Å². The Kier molecular flexibility index (Phi) is 6.74. The highest BCUT2D eigenvalue weighted by molar-refractivity contribution is 5.38. The summed E-state index contributed by atoms with van der Waals surface area (Å²) in [6.45, 7) is 9.43. The minimum absolute atomic E-state index is 0.163. The van der Waals surface area contributed by atoms with Crippen molar-refractivity contribution in [1.82, 2.24) is 4.90 Å². The van der Waals surface area contributed by atoms with Gasteiger partial charge in [0.15, 0.2) is 0 Å². The maximum Gasteiger partial charge on any atom is 0.0939 e. The van der Waals surface area contributed by atoms with E-state index >= 15 is 0 Å². The van der Waals surface area contributed by atoms with E-state index in [2.05, 4.69) is 48.1 Å². The summed E-state index contributed by atoms with van der Waals surface area (Å²) in [7, 11) is 0. The summed E-state index contributed by atoms with van der Waals surface area (Å²) in [5.74, 6) is 6.83. The Labute approximate surface area is 135 Å². The monoisotopic (exact) mass is 291 g/mol. The van der Waals surface area contributed by atoms with Crippen molar-refractivity contribution in [1.29, 1.82) is 0 Å². The van der Waals surface area contributed by atoms with E-state index in [-0.39, 0.29) is 6.04 Å². The van der Waals surface area contributed by atoms with Crippen LogP contribution in [0.25, 0.3) is 0 Å². The Morgan fingerprint density at radius 2 is 1.82 bits per heavy atom. The van der Waals surface area contributed by atoms with Crippen molar-refractivity contribution < 1.29 is 0 Å². The SMILES string of the molecule is C=CCN(CC=C)[C@@H](C#Cc1ccccc1)C1=CCCCC1. The molecule has 0 unspecified atom stereocenters. The third kappa shape index (κ3) is 4.76. The van der Waals surface area contributed by atoms with Gasteiger partial charge < -0.3 is 0 Å². The van der Waals surface area contributed by atoms with Crippen molar-refractivity contribution in [2.24, 2.45) is 0 Å². The normalized spacial score (nSPS) is 15.4. The van der Waals surface area contributed by atoms with Crippen LogP contribution >= 0.6 is 0 Å². The maximum absolute atomic E-state index is 3.88. The van der Waals surface area contributed by atoms with Crippen molar-refractivity contribution in [3.05, 3.63) is 72.9 Å². The molecular formula is C21H25N. The van der Waals surface area contributed by atoms with Gasteiger partial charge in [-0.25, -0.2) is 0 Å². The fourth-order valence-corrected chi connectivity index (χ4v) is 2.82. The van der Waals surface area contributed by atoms with Gasteiger partial charge in [-0.15, -0.1) is 13.2 Å². The van der Waals surface area contributed by atoms with Gasteiger partial charge in [0.2, 0.25) is 0 Å². The lowest BCUT2D eigenvalue weighted by molar-refractivity contribution is 0.309. The van der Waals surface area contributed by atoms with E-state index in [9.17, 15) is 0 Å². The molecule has 0 fully saturated rings. The minimum atomic E-state index is 0.163. The molecule has 0 spiro atoms. The van der Waals surface area contributed by atoms with Crippen molar-refractivity contribution in [2.45, 2.75) is 31.7 Å². The van der Waals surface area contributed by atoms with E-state index in [4.69, 9.17) is 0 Å². The Hall–Kier alpha value is -2.04. The van der Waals surface area contributed by atoms with Gasteiger partial charge in [-0.05, 0) is 43.4 Å². The van der Waals surface area contributed by atoms with Crippen molar-refractivity contribution in [3.8, 4) is 11.8 Å². The lowest BCUT2D eigenvalue weighted by Gasteiger charge is -2.29. The minimum Gasteiger partial charge on any atom is -0.279 e. The zero-order valence-corrected chi connectivity index (χ0v) is 13.3. The van der Waals surface area contributed by atoms with E-state index in [1.54, 1.807) is 0 Å². The summed E-state index contributed by atoms with van der Waals surface area (Å²) in [4.78, 5) is 2.34. The molecule has 1 heteroatoms. The van der Waals surface area contributed by atoms with Gasteiger partial charge >= 0.3 is 0 Å². The van der Waals surface area contributed by atoms with Gasteiger partial charge in [-0.3, -0.25) is 4.90 Å². The van der Waals surface area contributed by atoms with E-state index in [1.807, 2.05) is 30.4 Å². The third-order valence-corrected chi connectivity index (χ3v) is 3.90. The number of rotatable bonds is 6. The molecular weight excluding hydrogens is 266 g/mol. The van der Waals surface area contributed by atoms with Crippen LogP contribution in [-0.2, 0) is 0 Å². The summed E-state index contributed by atoms with van der Waals surface area (Å²) in [5.41, 5.74) is 2.53. The summed E-state index contributed by atoms with van der Waals surface area (Å²) in [6.07, 6.45) is 11.2. The molecule has 1 aromatic carbocycles. The number of hydrogen-bond acceptors (Lipinski definition) is 1. The van der Waals surface area contributed by atoms with Gasteiger partial charge in [0.05, 0.1) is 6.04 Å². The summed E-state index contributed by atoms with van der Waals surface area (Å²) in [5, 5.41) is 0. The van der Waals surface area contributed by atoms with E-state index in [0.717, 1.165) is 25.1 Å². The van der Waals surface area contributed by atoms with Crippen molar-refractivity contribution in [3.63, 3.8) is 0 Å². The predicted octanol–water partition coefficient (Wildman–Crippen LogP) is 4.58. The molecule has 0 aliphatic heterocycles.